The van der Waals surface area contributed by atoms with Crippen LogP contribution in [0.15, 0.2) is 22.5 Å². The molecular weight excluding hydrogens is 402 g/mol. The van der Waals surface area contributed by atoms with Crippen LogP contribution in [0.25, 0.3) is 0 Å². The van der Waals surface area contributed by atoms with Crippen LogP contribution in [0.1, 0.15) is 25.5 Å². The highest BCUT2D eigenvalue weighted by atomic mass is 32.1. The number of rotatable bonds is 11. The molecule has 0 radical (unpaired) electrons. The monoisotopic (exact) mass is 429 g/mol. The number of carboxylic acids is 2. The number of methoxy groups -OCH3 is 1. The Hall–Kier alpha value is -2.99. The van der Waals surface area contributed by atoms with Crippen molar-refractivity contribution in [2.75, 3.05) is 32.1 Å². The minimum Gasteiger partial charge on any atom is -0.478 e. The van der Waals surface area contributed by atoms with Crippen molar-refractivity contribution in [3.05, 3.63) is 23.2 Å². The van der Waals surface area contributed by atoms with Crippen LogP contribution >= 0.6 is 11.3 Å². The molecule has 0 atom stereocenters. The first-order valence-electron chi connectivity index (χ1n) is 8.63. The molecule has 0 unspecified atom stereocenters. The molecule has 0 aliphatic carbocycles. The molecule has 29 heavy (non-hydrogen) atoms. The number of aliphatic carboxylic acids is 2. The Labute approximate surface area is 172 Å². The fourth-order valence-electron chi connectivity index (χ4n) is 1.72. The minimum absolute atomic E-state index is 0.0124. The van der Waals surface area contributed by atoms with Crippen LogP contribution in [0.3, 0.4) is 0 Å². The zero-order valence-electron chi connectivity index (χ0n) is 16.4. The van der Waals surface area contributed by atoms with E-state index in [-0.39, 0.29) is 5.91 Å². The fourth-order valence-corrected chi connectivity index (χ4v) is 2.48. The molecule has 1 heterocycles. The molecule has 1 aromatic heterocycles. The molecule has 0 saturated heterocycles. The Bertz CT molecular complexity index is 688. The molecule has 0 aliphatic heterocycles. The van der Waals surface area contributed by atoms with Gasteiger partial charge in [0.15, 0.2) is 11.1 Å². The number of guanidine groups is 1. The van der Waals surface area contributed by atoms with Crippen molar-refractivity contribution in [3.63, 3.8) is 0 Å². The van der Waals surface area contributed by atoms with Crippen molar-refractivity contribution in [1.29, 1.82) is 0 Å². The molecule has 0 bridgehead atoms. The lowest BCUT2D eigenvalue weighted by Gasteiger charge is -2.02. The zero-order chi connectivity index (χ0) is 22.1. The lowest BCUT2D eigenvalue weighted by atomic mass is 10.2. The molecule has 162 valence electrons. The molecule has 1 aromatic rings. The maximum absolute atomic E-state index is 10.7. The summed E-state index contributed by atoms with van der Waals surface area (Å²) >= 11 is 1.50. The van der Waals surface area contributed by atoms with Gasteiger partial charge in [-0.2, -0.15) is 0 Å². The largest absolute Gasteiger partial charge is 0.478 e. The number of carboxylic acid groups (broad SMARTS) is 2. The van der Waals surface area contributed by atoms with Crippen LogP contribution < -0.4 is 16.4 Å². The lowest BCUT2D eigenvalue weighted by Crippen LogP contribution is -2.23. The molecule has 1 amide bonds. The summed E-state index contributed by atoms with van der Waals surface area (Å²) in [5, 5.41) is 24.1. The van der Waals surface area contributed by atoms with E-state index in [1.165, 1.54) is 18.3 Å². The molecule has 0 aromatic carbocycles. The summed E-state index contributed by atoms with van der Waals surface area (Å²) in [5.41, 5.74) is 6.76. The summed E-state index contributed by atoms with van der Waals surface area (Å²) in [5.74, 6) is -2.16. The van der Waals surface area contributed by atoms with Crippen LogP contribution in [0.2, 0.25) is 0 Å². The van der Waals surface area contributed by atoms with Crippen molar-refractivity contribution in [3.8, 4) is 0 Å². The van der Waals surface area contributed by atoms with E-state index in [1.54, 1.807) is 7.11 Å². The summed E-state index contributed by atoms with van der Waals surface area (Å²) in [6, 6.07) is 0. The highest BCUT2D eigenvalue weighted by molar-refractivity contribution is 7.13. The van der Waals surface area contributed by atoms with Crippen LogP contribution in [0.5, 0.6) is 0 Å². The first kappa shape index (κ1) is 26.0. The maximum atomic E-state index is 10.7. The smallest absolute Gasteiger partial charge is 0.328 e. The average Bonchev–Trinajstić information content (AvgIpc) is 3.07. The molecular formula is C17H27N5O6S. The topological polar surface area (TPSA) is 176 Å². The SMILES string of the molecule is COCCN=C(N)Nc1nc(CCCCNC(C)=O)cs1.O=C(O)C=CC(=O)O. The normalized spacial score (nSPS) is 10.9. The first-order valence-corrected chi connectivity index (χ1v) is 9.51. The third-order valence-corrected chi connectivity index (χ3v) is 3.77. The van der Waals surface area contributed by atoms with Gasteiger partial charge in [0.25, 0.3) is 0 Å². The maximum Gasteiger partial charge on any atom is 0.328 e. The zero-order valence-corrected chi connectivity index (χ0v) is 17.2. The summed E-state index contributed by atoms with van der Waals surface area (Å²) in [7, 11) is 1.62. The number of aryl methyl sites for hydroxylation is 1. The van der Waals surface area contributed by atoms with E-state index in [0.29, 0.717) is 37.8 Å². The number of thiazole rings is 1. The second kappa shape index (κ2) is 16.0. The number of unbranched alkanes of at least 4 members (excludes halogenated alkanes) is 1. The van der Waals surface area contributed by atoms with Gasteiger partial charge in [-0.1, -0.05) is 0 Å². The van der Waals surface area contributed by atoms with Gasteiger partial charge in [-0.25, -0.2) is 14.6 Å². The summed E-state index contributed by atoms with van der Waals surface area (Å²) in [6.07, 6.45) is 3.94. The number of carbonyl (C=O) groups is 3. The van der Waals surface area contributed by atoms with E-state index >= 15 is 0 Å². The number of amides is 1. The Morgan fingerprint density at radius 2 is 1.93 bits per heavy atom. The van der Waals surface area contributed by atoms with Gasteiger partial charge < -0.3 is 31.3 Å². The molecule has 0 fully saturated rings. The Kier molecular flexibility index (Phi) is 14.4. The van der Waals surface area contributed by atoms with E-state index in [0.717, 1.165) is 30.1 Å². The van der Waals surface area contributed by atoms with E-state index in [9.17, 15) is 14.4 Å². The van der Waals surface area contributed by atoms with Crippen LogP contribution in [0.4, 0.5) is 5.13 Å². The van der Waals surface area contributed by atoms with Crippen molar-refractivity contribution in [1.82, 2.24) is 10.3 Å². The number of nitrogens with two attached hydrogens (primary N) is 1. The second-order valence-corrected chi connectivity index (χ2v) is 6.34. The molecule has 1 rings (SSSR count). The summed E-state index contributed by atoms with van der Waals surface area (Å²) < 4.78 is 4.90. The molecule has 0 aliphatic rings. The average molecular weight is 429 g/mol. The number of aromatic nitrogens is 1. The number of hydrogen-bond donors (Lipinski definition) is 5. The number of carbonyl (C=O) groups excluding carboxylic acids is 1. The molecule has 11 nitrogen and oxygen atoms in total. The van der Waals surface area contributed by atoms with E-state index < -0.39 is 11.9 Å². The molecule has 6 N–H and O–H groups in total. The standard InChI is InChI=1S/C13H23N5O2S.C4H4O4/c1-10(19)15-6-4-3-5-11-9-21-13(17-11)18-12(14)16-7-8-20-2;5-3(6)1-2-4(7)8/h9H,3-8H2,1-2H3,(H,15,19)(H3,14,16,17,18);1-2H,(H,5,6)(H,7,8). The summed E-state index contributed by atoms with van der Waals surface area (Å²) in [6.45, 7) is 3.30. The van der Waals surface area contributed by atoms with Gasteiger partial charge in [0.1, 0.15) is 0 Å². The Morgan fingerprint density at radius 1 is 1.28 bits per heavy atom. The van der Waals surface area contributed by atoms with Crippen LogP contribution in [0, 0.1) is 0 Å². The third kappa shape index (κ3) is 16.9. The van der Waals surface area contributed by atoms with Gasteiger partial charge >= 0.3 is 11.9 Å². The van der Waals surface area contributed by atoms with Gasteiger partial charge in [0.05, 0.1) is 18.8 Å². The van der Waals surface area contributed by atoms with Gasteiger partial charge in [0, 0.05) is 38.1 Å². The molecule has 0 saturated carbocycles. The first-order chi connectivity index (χ1) is 13.7. The van der Waals surface area contributed by atoms with Crippen molar-refractivity contribution in [2.45, 2.75) is 26.2 Å². The number of hydrogen-bond acceptors (Lipinski definition) is 7. The quantitative estimate of drug-likeness (QED) is 0.146. The van der Waals surface area contributed by atoms with Crippen molar-refractivity contribution >= 4 is 40.3 Å². The van der Waals surface area contributed by atoms with E-state index in [1.807, 2.05) is 5.38 Å². The van der Waals surface area contributed by atoms with Crippen molar-refractivity contribution in [2.24, 2.45) is 10.7 Å². The van der Waals surface area contributed by atoms with E-state index in [4.69, 9.17) is 20.7 Å². The Morgan fingerprint density at radius 3 is 2.48 bits per heavy atom. The van der Waals surface area contributed by atoms with Gasteiger partial charge in [-0.3, -0.25) is 9.79 Å². The Balaban J connectivity index is 0.000000828. The highest BCUT2D eigenvalue weighted by Crippen LogP contribution is 2.16. The van der Waals surface area contributed by atoms with E-state index in [2.05, 4.69) is 20.6 Å². The number of ether oxygens (including phenoxy) is 1. The van der Waals surface area contributed by atoms with Crippen LogP contribution in [-0.4, -0.2) is 65.8 Å². The lowest BCUT2D eigenvalue weighted by molar-refractivity contribution is -0.134. The fraction of sp³-hybridized carbons (Fsp3) is 0.471. The predicted molar refractivity (Wildman–Crippen MR) is 110 cm³/mol. The second-order valence-electron chi connectivity index (χ2n) is 5.48. The number of aliphatic imine (C=N–C) groups is 1. The van der Waals surface area contributed by atoms with Crippen LogP contribution in [-0.2, 0) is 25.5 Å². The predicted octanol–water partition coefficient (Wildman–Crippen LogP) is 0.687. The number of nitrogens with one attached hydrogen (secondary N) is 2. The summed E-state index contributed by atoms with van der Waals surface area (Å²) in [4.78, 5) is 38.4. The third-order valence-electron chi connectivity index (χ3n) is 2.97. The minimum atomic E-state index is -1.26. The highest BCUT2D eigenvalue weighted by Gasteiger charge is 2.03. The van der Waals surface area contributed by atoms with Crippen molar-refractivity contribution < 1.29 is 29.3 Å². The number of anilines is 1. The molecule has 12 heteroatoms. The van der Waals surface area contributed by atoms with Gasteiger partial charge in [-0.15, -0.1) is 11.3 Å². The van der Waals surface area contributed by atoms with Gasteiger partial charge in [0.2, 0.25) is 5.91 Å². The number of nitrogens with zero attached hydrogens (tertiary/aromatic N) is 2. The molecule has 0 spiro atoms. The van der Waals surface area contributed by atoms with Gasteiger partial charge in [-0.05, 0) is 19.3 Å².